The molecule has 1 atom stereocenters. The minimum atomic E-state index is -2.97. The quantitative estimate of drug-likeness (QED) is 0.631. The van der Waals surface area contributed by atoms with Crippen LogP contribution < -0.4 is 10.9 Å². The van der Waals surface area contributed by atoms with Crippen molar-refractivity contribution in [3.63, 3.8) is 0 Å². The lowest BCUT2D eigenvalue weighted by Crippen LogP contribution is -2.21. The van der Waals surface area contributed by atoms with Crippen LogP contribution in [0.2, 0.25) is 0 Å². The smallest absolute Gasteiger partial charge is 0.260 e. The Morgan fingerprint density at radius 2 is 1.90 bits per heavy atom. The van der Waals surface area contributed by atoms with Crippen LogP contribution in [0.25, 0.3) is 22.0 Å². The topological polar surface area (TPSA) is 94.0 Å². The van der Waals surface area contributed by atoms with Crippen molar-refractivity contribution in [2.45, 2.75) is 32.6 Å². The van der Waals surface area contributed by atoms with Crippen LogP contribution in [-0.2, 0) is 11.8 Å². The zero-order chi connectivity index (χ0) is 22.5. The van der Waals surface area contributed by atoms with Gasteiger partial charge in [-0.1, -0.05) is 6.92 Å². The Balaban J connectivity index is 1.71. The van der Waals surface area contributed by atoms with Gasteiger partial charge in [0.25, 0.3) is 11.5 Å². The molecule has 9 heteroatoms. The molecule has 0 radical (unpaired) electrons. The molecule has 1 aliphatic carbocycles. The number of nitrogens with one attached hydrogen (secondary N) is 1. The molecule has 0 unspecified atom stereocenters. The average Bonchev–Trinajstić information content (AvgIpc) is 3.39. The lowest BCUT2D eigenvalue weighted by atomic mass is 10.0. The fourth-order valence-corrected chi connectivity index (χ4v) is 3.51. The maximum Gasteiger partial charge on any atom is 0.260 e. The molecule has 3 aromatic heterocycles. The lowest BCUT2D eigenvalue weighted by Gasteiger charge is -2.12. The first kappa shape index (κ1) is 20.8. The van der Waals surface area contributed by atoms with Crippen molar-refractivity contribution >= 4 is 28.4 Å². The molecule has 1 amide bonds. The van der Waals surface area contributed by atoms with Gasteiger partial charge in [0.2, 0.25) is 5.91 Å². The van der Waals surface area contributed by atoms with Crippen molar-refractivity contribution in [2.75, 3.05) is 5.32 Å². The van der Waals surface area contributed by atoms with Crippen molar-refractivity contribution in [1.82, 2.24) is 14.5 Å². The lowest BCUT2D eigenvalue weighted by molar-refractivity contribution is -0.119. The number of rotatable bonds is 5. The SMILES string of the molecule is CCC(=O)c1cc(C)c(-c2cc3cnc(NC(=O)[C@@H]4CC4(F)F)cc3n(C)c2=O)cn1. The Morgan fingerprint density at radius 3 is 2.52 bits per heavy atom. The van der Waals surface area contributed by atoms with E-state index in [9.17, 15) is 23.2 Å². The molecular weight excluding hydrogens is 406 g/mol. The molecule has 1 N–H and O–H groups in total. The normalized spacial score (nSPS) is 16.9. The van der Waals surface area contributed by atoms with E-state index >= 15 is 0 Å². The van der Waals surface area contributed by atoms with Crippen molar-refractivity contribution in [1.29, 1.82) is 0 Å². The standard InChI is InChI=1S/C22H20F2N4O3/c1-4-18(29)16-5-11(2)14(10-25-16)13-6-12-9-26-19(7-17(12)28(3)21(13)31)27-20(30)15-8-22(15,23)24/h5-7,9-10,15H,4,8H2,1-3H3,(H,26,27,30)/t15-/m0/s1. The van der Waals surface area contributed by atoms with Crippen LogP contribution in [0, 0.1) is 12.8 Å². The van der Waals surface area contributed by atoms with Crippen LogP contribution in [0.4, 0.5) is 14.6 Å². The molecule has 31 heavy (non-hydrogen) atoms. The van der Waals surface area contributed by atoms with Crippen LogP contribution >= 0.6 is 0 Å². The number of hydrogen-bond donors (Lipinski definition) is 1. The molecule has 0 aromatic carbocycles. The second kappa shape index (κ2) is 7.33. The largest absolute Gasteiger partial charge is 0.311 e. The zero-order valence-electron chi connectivity index (χ0n) is 17.2. The van der Waals surface area contributed by atoms with Gasteiger partial charge in [0.15, 0.2) is 5.78 Å². The van der Waals surface area contributed by atoms with Gasteiger partial charge in [-0.3, -0.25) is 19.4 Å². The predicted molar refractivity (Wildman–Crippen MR) is 111 cm³/mol. The monoisotopic (exact) mass is 426 g/mol. The predicted octanol–water partition coefficient (Wildman–Crippen LogP) is 3.49. The second-order valence-electron chi connectivity index (χ2n) is 7.72. The van der Waals surface area contributed by atoms with Gasteiger partial charge in [-0.15, -0.1) is 0 Å². The number of anilines is 1. The molecular formula is C22H20F2N4O3. The van der Waals surface area contributed by atoms with E-state index in [0.717, 1.165) is 5.56 Å². The minimum absolute atomic E-state index is 0.0798. The van der Waals surface area contributed by atoms with Crippen molar-refractivity contribution in [3.05, 3.63) is 52.2 Å². The van der Waals surface area contributed by atoms with E-state index in [1.54, 1.807) is 33.0 Å². The molecule has 3 heterocycles. The van der Waals surface area contributed by atoms with E-state index in [-0.39, 0.29) is 17.2 Å². The number of carbonyl (C=O) groups is 2. The first-order chi connectivity index (χ1) is 14.6. The Labute approximate surface area is 176 Å². The van der Waals surface area contributed by atoms with Crippen LogP contribution in [-0.4, -0.2) is 32.1 Å². The number of hydrogen-bond acceptors (Lipinski definition) is 5. The van der Waals surface area contributed by atoms with E-state index in [1.807, 2.05) is 0 Å². The summed E-state index contributed by atoms with van der Waals surface area (Å²) in [7, 11) is 1.58. The summed E-state index contributed by atoms with van der Waals surface area (Å²) in [6, 6.07) is 4.80. The van der Waals surface area contributed by atoms with Crippen molar-refractivity contribution < 1.29 is 18.4 Å². The van der Waals surface area contributed by atoms with E-state index in [4.69, 9.17) is 0 Å². The Bertz CT molecular complexity index is 1300. The summed E-state index contributed by atoms with van der Waals surface area (Å²) in [5.41, 5.74) is 2.28. The van der Waals surface area contributed by atoms with Gasteiger partial charge < -0.3 is 9.88 Å². The van der Waals surface area contributed by atoms with Crippen LogP contribution in [0.1, 0.15) is 35.8 Å². The highest BCUT2D eigenvalue weighted by Gasteiger charge is 2.61. The Kier molecular flexibility index (Phi) is 4.91. The van der Waals surface area contributed by atoms with E-state index in [0.29, 0.717) is 34.1 Å². The van der Waals surface area contributed by atoms with Crippen LogP contribution in [0.15, 0.2) is 35.4 Å². The number of aryl methyl sites for hydroxylation is 2. The van der Waals surface area contributed by atoms with Crippen molar-refractivity contribution in [3.8, 4) is 11.1 Å². The van der Waals surface area contributed by atoms with E-state index in [1.165, 1.54) is 23.0 Å². The molecule has 1 saturated carbocycles. The molecule has 4 rings (SSSR count). The van der Waals surface area contributed by atoms with Crippen molar-refractivity contribution in [2.24, 2.45) is 13.0 Å². The Hall–Kier alpha value is -3.49. The molecule has 0 aliphatic heterocycles. The molecule has 7 nitrogen and oxygen atoms in total. The number of Topliss-reactive ketones (excluding diaryl/α,β-unsaturated/α-hetero) is 1. The van der Waals surface area contributed by atoms with Gasteiger partial charge in [-0.05, 0) is 24.6 Å². The fraction of sp³-hybridized carbons (Fsp3) is 0.318. The van der Waals surface area contributed by atoms with Gasteiger partial charge in [0.05, 0.1) is 5.52 Å². The highest BCUT2D eigenvalue weighted by molar-refractivity contribution is 5.96. The molecule has 0 saturated heterocycles. The first-order valence-electron chi connectivity index (χ1n) is 9.81. The number of aromatic nitrogens is 3. The zero-order valence-corrected chi connectivity index (χ0v) is 17.2. The molecule has 0 spiro atoms. The van der Waals surface area contributed by atoms with E-state index < -0.39 is 24.2 Å². The number of pyridine rings is 3. The van der Waals surface area contributed by atoms with Gasteiger partial charge in [0, 0.05) is 54.9 Å². The number of halogens is 2. The van der Waals surface area contributed by atoms with Gasteiger partial charge >= 0.3 is 0 Å². The molecule has 160 valence electrons. The van der Waals surface area contributed by atoms with Gasteiger partial charge in [0.1, 0.15) is 17.4 Å². The summed E-state index contributed by atoms with van der Waals surface area (Å²) in [5, 5.41) is 3.01. The fourth-order valence-electron chi connectivity index (χ4n) is 3.51. The highest BCUT2D eigenvalue weighted by atomic mass is 19.3. The number of carbonyl (C=O) groups excluding carboxylic acids is 2. The molecule has 1 fully saturated rings. The summed E-state index contributed by atoms with van der Waals surface area (Å²) < 4.78 is 27.6. The van der Waals surface area contributed by atoms with Gasteiger partial charge in [-0.2, -0.15) is 0 Å². The molecule has 0 bridgehead atoms. The number of ketones is 1. The molecule has 3 aromatic rings. The minimum Gasteiger partial charge on any atom is -0.311 e. The number of amides is 1. The first-order valence-corrected chi connectivity index (χ1v) is 9.81. The maximum atomic E-state index is 13.1. The number of alkyl halides is 2. The number of fused-ring (bicyclic) bond motifs is 1. The van der Waals surface area contributed by atoms with Crippen LogP contribution in [0.3, 0.4) is 0 Å². The highest BCUT2D eigenvalue weighted by Crippen LogP contribution is 2.49. The summed E-state index contributed by atoms with van der Waals surface area (Å²) >= 11 is 0. The summed E-state index contributed by atoms with van der Waals surface area (Å²) in [5.74, 6) is -5.07. The maximum absolute atomic E-state index is 13.1. The third-order valence-corrected chi connectivity index (χ3v) is 5.51. The summed E-state index contributed by atoms with van der Waals surface area (Å²) in [6.07, 6.45) is 2.85. The van der Waals surface area contributed by atoms with E-state index in [2.05, 4.69) is 15.3 Å². The molecule has 1 aliphatic rings. The van der Waals surface area contributed by atoms with Crippen LogP contribution in [0.5, 0.6) is 0 Å². The third kappa shape index (κ3) is 3.71. The summed E-state index contributed by atoms with van der Waals surface area (Å²) in [4.78, 5) is 45.1. The average molecular weight is 426 g/mol. The Morgan fingerprint density at radius 1 is 1.19 bits per heavy atom. The third-order valence-electron chi connectivity index (χ3n) is 5.51. The number of nitrogens with zero attached hydrogens (tertiary/aromatic N) is 3. The second-order valence-corrected chi connectivity index (χ2v) is 7.72. The summed E-state index contributed by atoms with van der Waals surface area (Å²) in [6.45, 7) is 3.56. The van der Waals surface area contributed by atoms with Gasteiger partial charge in [-0.25, -0.2) is 13.8 Å².